The summed E-state index contributed by atoms with van der Waals surface area (Å²) < 4.78 is 5.54. The van der Waals surface area contributed by atoms with Gasteiger partial charge in [-0.25, -0.2) is 4.79 Å². The standard InChI is InChI=1S/C29H35N5O3/c1-21(2)31-28(35)24-19-23(32-29(36)30-20-22-9-5-4-6-10-22)13-14-25(24)33-15-17-34(18-16-33)26-11-7-8-12-27(26)37-3/h4-14,19,21H,15-18,20H2,1-3H3,(H,31,35)(H2,30,32,36). The lowest BCUT2D eigenvalue weighted by Crippen LogP contribution is -2.47. The number of hydrogen-bond acceptors (Lipinski definition) is 5. The highest BCUT2D eigenvalue weighted by atomic mass is 16.5. The van der Waals surface area contributed by atoms with E-state index in [1.165, 1.54) is 0 Å². The first-order valence-electron chi connectivity index (χ1n) is 12.6. The maximum Gasteiger partial charge on any atom is 0.319 e. The predicted molar refractivity (Wildman–Crippen MR) is 149 cm³/mol. The molecule has 0 spiro atoms. The van der Waals surface area contributed by atoms with E-state index in [-0.39, 0.29) is 18.0 Å². The molecule has 1 aliphatic heterocycles. The molecule has 0 atom stereocenters. The molecule has 3 aromatic carbocycles. The van der Waals surface area contributed by atoms with Crippen LogP contribution in [0, 0.1) is 0 Å². The molecule has 1 heterocycles. The van der Waals surface area contributed by atoms with E-state index in [0.29, 0.717) is 17.8 Å². The van der Waals surface area contributed by atoms with Crippen molar-refractivity contribution in [1.29, 1.82) is 0 Å². The van der Waals surface area contributed by atoms with Crippen molar-refractivity contribution in [3.05, 3.63) is 83.9 Å². The third-order valence-electron chi connectivity index (χ3n) is 6.26. The fourth-order valence-electron chi connectivity index (χ4n) is 4.44. The first-order valence-corrected chi connectivity index (χ1v) is 12.6. The summed E-state index contributed by atoms with van der Waals surface area (Å²) in [4.78, 5) is 30.2. The average molecular weight is 502 g/mol. The number of piperazine rings is 1. The van der Waals surface area contributed by atoms with Crippen molar-refractivity contribution in [3.63, 3.8) is 0 Å². The molecule has 8 heteroatoms. The zero-order chi connectivity index (χ0) is 26.2. The van der Waals surface area contributed by atoms with Crippen LogP contribution in [0.5, 0.6) is 5.75 Å². The van der Waals surface area contributed by atoms with Crippen LogP contribution >= 0.6 is 0 Å². The Balaban J connectivity index is 1.47. The van der Waals surface area contributed by atoms with Gasteiger partial charge in [-0.2, -0.15) is 0 Å². The quantitative estimate of drug-likeness (QED) is 0.424. The van der Waals surface area contributed by atoms with Crippen LogP contribution in [0.2, 0.25) is 0 Å². The molecular formula is C29H35N5O3. The molecule has 0 aliphatic carbocycles. The van der Waals surface area contributed by atoms with Crippen molar-refractivity contribution >= 4 is 29.0 Å². The van der Waals surface area contributed by atoms with Gasteiger partial charge in [0.2, 0.25) is 0 Å². The molecule has 1 aliphatic rings. The highest BCUT2D eigenvalue weighted by Crippen LogP contribution is 2.31. The molecule has 37 heavy (non-hydrogen) atoms. The van der Waals surface area contributed by atoms with Crippen LogP contribution in [0.1, 0.15) is 29.8 Å². The Kier molecular flexibility index (Phi) is 8.51. The normalized spacial score (nSPS) is 13.3. The highest BCUT2D eigenvalue weighted by molar-refractivity contribution is 6.02. The summed E-state index contributed by atoms with van der Waals surface area (Å²) in [6, 6.07) is 22.9. The molecule has 0 radical (unpaired) electrons. The van der Waals surface area contributed by atoms with E-state index in [0.717, 1.165) is 48.9 Å². The number of nitrogens with zero attached hydrogens (tertiary/aromatic N) is 2. The average Bonchev–Trinajstić information content (AvgIpc) is 2.92. The molecule has 1 saturated heterocycles. The molecular weight excluding hydrogens is 466 g/mol. The number of carbonyl (C=O) groups excluding carboxylic acids is 2. The van der Waals surface area contributed by atoms with Crippen LogP contribution in [0.3, 0.4) is 0 Å². The Morgan fingerprint density at radius 3 is 2.19 bits per heavy atom. The van der Waals surface area contributed by atoms with Crippen molar-refractivity contribution in [3.8, 4) is 5.75 Å². The van der Waals surface area contributed by atoms with Gasteiger partial charge in [-0.05, 0) is 49.7 Å². The number of carbonyl (C=O) groups is 2. The molecule has 3 aromatic rings. The van der Waals surface area contributed by atoms with Crippen LogP contribution in [0.15, 0.2) is 72.8 Å². The smallest absolute Gasteiger partial charge is 0.319 e. The maximum absolute atomic E-state index is 13.1. The van der Waals surface area contributed by atoms with Crippen molar-refractivity contribution in [2.24, 2.45) is 0 Å². The fraction of sp³-hybridized carbons (Fsp3) is 0.310. The summed E-state index contributed by atoms with van der Waals surface area (Å²) in [5.74, 6) is 0.694. The molecule has 3 amide bonds. The highest BCUT2D eigenvalue weighted by Gasteiger charge is 2.24. The second kappa shape index (κ2) is 12.2. The van der Waals surface area contributed by atoms with E-state index in [4.69, 9.17) is 4.74 Å². The third-order valence-corrected chi connectivity index (χ3v) is 6.26. The van der Waals surface area contributed by atoms with Crippen LogP contribution in [-0.2, 0) is 6.54 Å². The largest absolute Gasteiger partial charge is 0.495 e. The molecule has 8 nitrogen and oxygen atoms in total. The molecule has 0 saturated carbocycles. The summed E-state index contributed by atoms with van der Waals surface area (Å²) in [7, 11) is 1.69. The topological polar surface area (TPSA) is 85.9 Å². The Morgan fingerprint density at radius 2 is 1.51 bits per heavy atom. The van der Waals surface area contributed by atoms with Gasteiger partial charge in [-0.3, -0.25) is 4.79 Å². The van der Waals surface area contributed by atoms with E-state index in [1.54, 1.807) is 13.2 Å². The summed E-state index contributed by atoms with van der Waals surface area (Å²) in [6.45, 7) is 7.39. The number of benzene rings is 3. The van der Waals surface area contributed by atoms with E-state index in [2.05, 4.69) is 31.8 Å². The molecule has 194 valence electrons. The lowest BCUT2D eigenvalue weighted by atomic mass is 10.1. The van der Waals surface area contributed by atoms with Crippen molar-refractivity contribution in [1.82, 2.24) is 10.6 Å². The van der Waals surface area contributed by atoms with Crippen LogP contribution in [-0.4, -0.2) is 51.3 Å². The van der Waals surface area contributed by atoms with Crippen molar-refractivity contribution in [2.45, 2.75) is 26.4 Å². The molecule has 4 rings (SSSR count). The number of para-hydroxylation sites is 2. The maximum atomic E-state index is 13.1. The number of nitrogens with one attached hydrogen (secondary N) is 3. The summed E-state index contributed by atoms with van der Waals surface area (Å²) in [5.41, 5.74) is 4.05. The Morgan fingerprint density at radius 1 is 0.865 bits per heavy atom. The van der Waals surface area contributed by atoms with E-state index < -0.39 is 0 Å². The van der Waals surface area contributed by atoms with Crippen LogP contribution in [0.4, 0.5) is 21.9 Å². The number of ether oxygens (including phenoxy) is 1. The van der Waals surface area contributed by atoms with Gasteiger partial charge in [-0.1, -0.05) is 42.5 Å². The third kappa shape index (κ3) is 6.73. The van der Waals surface area contributed by atoms with Gasteiger partial charge < -0.3 is 30.5 Å². The summed E-state index contributed by atoms with van der Waals surface area (Å²) >= 11 is 0. The zero-order valence-electron chi connectivity index (χ0n) is 21.7. The monoisotopic (exact) mass is 501 g/mol. The number of anilines is 3. The minimum atomic E-state index is -0.322. The second-order valence-electron chi connectivity index (χ2n) is 9.30. The minimum Gasteiger partial charge on any atom is -0.495 e. The molecule has 3 N–H and O–H groups in total. The van der Waals surface area contributed by atoms with E-state index in [9.17, 15) is 9.59 Å². The van der Waals surface area contributed by atoms with Gasteiger partial charge in [0, 0.05) is 50.1 Å². The van der Waals surface area contributed by atoms with Gasteiger partial charge in [0.1, 0.15) is 5.75 Å². The lowest BCUT2D eigenvalue weighted by Gasteiger charge is -2.38. The van der Waals surface area contributed by atoms with Gasteiger partial charge in [0.05, 0.1) is 18.4 Å². The minimum absolute atomic E-state index is 0.00599. The van der Waals surface area contributed by atoms with Gasteiger partial charge in [0.15, 0.2) is 0 Å². The molecule has 0 aromatic heterocycles. The lowest BCUT2D eigenvalue weighted by molar-refractivity contribution is 0.0943. The van der Waals surface area contributed by atoms with Gasteiger partial charge >= 0.3 is 6.03 Å². The first kappa shape index (κ1) is 25.9. The van der Waals surface area contributed by atoms with Gasteiger partial charge in [-0.15, -0.1) is 0 Å². The SMILES string of the molecule is COc1ccccc1N1CCN(c2ccc(NC(=O)NCc3ccccc3)cc2C(=O)NC(C)C)CC1. The van der Waals surface area contributed by atoms with E-state index >= 15 is 0 Å². The zero-order valence-corrected chi connectivity index (χ0v) is 21.7. The Bertz CT molecular complexity index is 1210. The van der Waals surface area contributed by atoms with Gasteiger partial charge in [0.25, 0.3) is 5.91 Å². The number of rotatable bonds is 8. The fourth-order valence-corrected chi connectivity index (χ4v) is 4.44. The summed E-state index contributed by atoms with van der Waals surface area (Å²) in [5, 5.41) is 8.72. The molecule has 0 bridgehead atoms. The Labute approximate surface area is 218 Å². The van der Waals surface area contributed by atoms with Crippen LogP contribution < -0.4 is 30.5 Å². The first-order chi connectivity index (χ1) is 17.9. The molecule has 0 unspecified atom stereocenters. The number of hydrogen-bond donors (Lipinski definition) is 3. The number of amides is 3. The number of methoxy groups -OCH3 is 1. The second-order valence-corrected chi connectivity index (χ2v) is 9.30. The predicted octanol–water partition coefficient (Wildman–Crippen LogP) is 4.48. The van der Waals surface area contributed by atoms with E-state index in [1.807, 2.05) is 74.5 Å². The number of urea groups is 1. The molecule has 1 fully saturated rings. The van der Waals surface area contributed by atoms with Crippen molar-refractivity contribution in [2.75, 3.05) is 48.4 Å². The van der Waals surface area contributed by atoms with Crippen molar-refractivity contribution < 1.29 is 14.3 Å². The Hall–Kier alpha value is -4.20. The van der Waals surface area contributed by atoms with Crippen LogP contribution in [0.25, 0.3) is 0 Å². The summed E-state index contributed by atoms with van der Waals surface area (Å²) in [6.07, 6.45) is 0.